The van der Waals surface area contributed by atoms with Crippen molar-refractivity contribution < 1.29 is 8.42 Å². The van der Waals surface area contributed by atoms with Crippen molar-refractivity contribution >= 4 is 27.1 Å². The molecule has 0 spiro atoms. The van der Waals surface area contributed by atoms with Gasteiger partial charge in [0.1, 0.15) is 0 Å². The number of benzene rings is 2. The first-order chi connectivity index (χ1) is 10.9. The molecule has 0 amide bonds. The van der Waals surface area contributed by atoms with Gasteiger partial charge >= 0.3 is 0 Å². The van der Waals surface area contributed by atoms with Crippen LogP contribution >= 0.6 is 0 Å². The highest BCUT2D eigenvalue weighted by molar-refractivity contribution is 7.92. The minimum absolute atomic E-state index is 0.159. The number of anilines is 3. The van der Waals surface area contributed by atoms with Crippen LogP contribution in [0, 0.1) is 13.8 Å². The Hall–Kier alpha value is -2.01. The number of hydrogen-bond donors (Lipinski definition) is 2. The van der Waals surface area contributed by atoms with Crippen molar-refractivity contribution in [3.63, 3.8) is 0 Å². The quantitative estimate of drug-likeness (QED) is 0.779. The Morgan fingerprint density at radius 2 is 1.61 bits per heavy atom. The predicted molar refractivity (Wildman–Crippen MR) is 98.0 cm³/mol. The van der Waals surface area contributed by atoms with Crippen LogP contribution in [0.3, 0.4) is 0 Å². The Morgan fingerprint density at radius 1 is 0.957 bits per heavy atom. The first kappa shape index (κ1) is 17.3. The lowest BCUT2D eigenvalue weighted by Gasteiger charge is -2.12. The smallest absolute Gasteiger partial charge is 0.232 e. The minimum atomic E-state index is -3.25. The zero-order chi connectivity index (χ0) is 16.9. The van der Waals surface area contributed by atoms with Crippen LogP contribution in [-0.2, 0) is 10.0 Å². The van der Waals surface area contributed by atoms with Crippen LogP contribution < -0.4 is 10.0 Å². The van der Waals surface area contributed by atoms with E-state index in [1.165, 1.54) is 11.1 Å². The third-order valence-corrected chi connectivity index (χ3v) is 4.96. The van der Waals surface area contributed by atoms with Crippen LogP contribution in [-0.4, -0.2) is 14.2 Å². The molecule has 0 saturated heterocycles. The van der Waals surface area contributed by atoms with Gasteiger partial charge in [0.05, 0.1) is 5.75 Å². The van der Waals surface area contributed by atoms with Gasteiger partial charge in [0.25, 0.3) is 0 Å². The van der Waals surface area contributed by atoms with Crippen molar-refractivity contribution in [3.8, 4) is 0 Å². The number of nitrogens with one attached hydrogen (secondary N) is 2. The number of rotatable bonds is 7. The summed E-state index contributed by atoms with van der Waals surface area (Å²) in [4.78, 5) is 0. The Morgan fingerprint density at radius 3 is 2.22 bits per heavy atom. The Kier molecular flexibility index (Phi) is 5.66. The summed E-state index contributed by atoms with van der Waals surface area (Å²) < 4.78 is 26.4. The van der Waals surface area contributed by atoms with E-state index in [2.05, 4.69) is 36.0 Å². The third-order valence-electron chi connectivity index (χ3n) is 3.59. The molecule has 0 atom stereocenters. The number of sulfonamides is 1. The Labute approximate surface area is 139 Å². The molecule has 2 N–H and O–H groups in total. The highest BCUT2D eigenvalue weighted by atomic mass is 32.2. The van der Waals surface area contributed by atoms with Crippen molar-refractivity contribution in [2.75, 3.05) is 15.8 Å². The van der Waals surface area contributed by atoms with E-state index < -0.39 is 10.0 Å². The summed E-state index contributed by atoms with van der Waals surface area (Å²) in [5.41, 5.74) is 4.96. The molecule has 0 saturated carbocycles. The number of aryl methyl sites for hydroxylation is 2. The van der Waals surface area contributed by atoms with Gasteiger partial charge in [0.2, 0.25) is 10.0 Å². The van der Waals surface area contributed by atoms with E-state index in [4.69, 9.17) is 0 Å². The van der Waals surface area contributed by atoms with Crippen LogP contribution in [0.15, 0.2) is 42.5 Å². The number of hydrogen-bond acceptors (Lipinski definition) is 3. The molecule has 0 aromatic heterocycles. The van der Waals surface area contributed by atoms with Gasteiger partial charge in [-0.2, -0.15) is 0 Å². The second-order valence-corrected chi connectivity index (χ2v) is 7.64. The maximum absolute atomic E-state index is 11.9. The average molecular weight is 332 g/mol. The largest absolute Gasteiger partial charge is 0.355 e. The summed E-state index contributed by atoms with van der Waals surface area (Å²) in [6.07, 6.45) is 1.53. The topological polar surface area (TPSA) is 58.2 Å². The Balaban J connectivity index is 2.05. The summed E-state index contributed by atoms with van der Waals surface area (Å²) in [6.45, 7) is 6.10. The number of unbranched alkanes of at least 4 members (excludes halogenated alkanes) is 1. The summed E-state index contributed by atoms with van der Waals surface area (Å²) in [6, 6.07) is 13.5. The lowest BCUT2D eigenvalue weighted by molar-refractivity contribution is 0.598. The standard InChI is InChI=1S/C18H24N2O2S/c1-4-5-12-23(21,22)20-17-9-7-16(8-10-17)19-18-11-6-14(2)13-15(18)3/h6-11,13,19-20H,4-5,12H2,1-3H3. The fourth-order valence-corrected chi connectivity index (χ4v) is 3.56. The first-order valence-corrected chi connectivity index (χ1v) is 9.49. The molecular weight excluding hydrogens is 308 g/mol. The summed E-state index contributed by atoms with van der Waals surface area (Å²) in [5.74, 6) is 0.159. The maximum Gasteiger partial charge on any atom is 0.232 e. The van der Waals surface area contributed by atoms with Crippen molar-refractivity contribution in [1.82, 2.24) is 0 Å². The van der Waals surface area contributed by atoms with Gasteiger partial charge in [-0.05, 0) is 56.2 Å². The molecule has 0 aliphatic heterocycles. The van der Waals surface area contributed by atoms with Gasteiger partial charge in [0.15, 0.2) is 0 Å². The van der Waals surface area contributed by atoms with Crippen LogP contribution in [0.4, 0.5) is 17.1 Å². The van der Waals surface area contributed by atoms with Gasteiger partial charge in [-0.25, -0.2) is 8.42 Å². The Bertz CT molecular complexity index is 753. The van der Waals surface area contributed by atoms with E-state index in [-0.39, 0.29) is 5.75 Å². The molecule has 2 aromatic rings. The van der Waals surface area contributed by atoms with Gasteiger partial charge < -0.3 is 5.32 Å². The van der Waals surface area contributed by atoms with Crippen LogP contribution in [0.2, 0.25) is 0 Å². The second kappa shape index (κ2) is 7.51. The molecule has 2 rings (SSSR count). The zero-order valence-corrected chi connectivity index (χ0v) is 14.7. The molecule has 2 aromatic carbocycles. The fourth-order valence-electron chi connectivity index (χ4n) is 2.30. The van der Waals surface area contributed by atoms with Gasteiger partial charge in [0, 0.05) is 17.1 Å². The molecule has 0 heterocycles. The van der Waals surface area contributed by atoms with Gasteiger partial charge in [-0.3, -0.25) is 4.72 Å². The van der Waals surface area contributed by atoms with Crippen molar-refractivity contribution in [1.29, 1.82) is 0 Å². The van der Waals surface area contributed by atoms with Crippen molar-refractivity contribution in [2.24, 2.45) is 0 Å². The molecule has 124 valence electrons. The van der Waals surface area contributed by atoms with Crippen LogP contribution in [0.1, 0.15) is 30.9 Å². The normalized spacial score (nSPS) is 11.3. The molecule has 0 fully saturated rings. The van der Waals surface area contributed by atoms with Gasteiger partial charge in [-0.1, -0.05) is 31.0 Å². The molecule has 0 unspecified atom stereocenters. The van der Waals surface area contributed by atoms with E-state index in [0.717, 1.165) is 17.8 Å². The van der Waals surface area contributed by atoms with Crippen molar-refractivity contribution in [2.45, 2.75) is 33.6 Å². The highest BCUT2D eigenvalue weighted by Gasteiger charge is 2.09. The molecule has 0 bridgehead atoms. The van der Waals surface area contributed by atoms with Crippen molar-refractivity contribution in [3.05, 3.63) is 53.6 Å². The van der Waals surface area contributed by atoms with E-state index in [1.54, 1.807) is 12.1 Å². The SMILES string of the molecule is CCCCS(=O)(=O)Nc1ccc(Nc2ccc(C)cc2C)cc1. The predicted octanol–water partition coefficient (Wildman–Crippen LogP) is 4.59. The van der Waals surface area contributed by atoms with Crippen LogP contribution in [0.25, 0.3) is 0 Å². The summed E-state index contributed by atoms with van der Waals surface area (Å²) in [7, 11) is -3.25. The van der Waals surface area contributed by atoms with E-state index in [1.807, 2.05) is 25.1 Å². The minimum Gasteiger partial charge on any atom is -0.355 e. The summed E-state index contributed by atoms with van der Waals surface area (Å²) in [5, 5.41) is 3.35. The third kappa shape index (κ3) is 5.28. The fraction of sp³-hybridized carbons (Fsp3) is 0.333. The molecule has 0 aliphatic carbocycles. The monoisotopic (exact) mass is 332 g/mol. The first-order valence-electron chi connectivity index (χ1n) is 7.84. The average Bonchev–Trinajstić information content (AvgIpc) is 2.50. The lowest BCUT2D eigenvalue weighted by Crippen LogP contribution is -2.16. The van der Waals surface area contributed by atoms with Crippen LogP contribution in [0.5, 0.6) is 0 Å². The van der Waals surface area contributed by atoms with E-state index >= 15 is 0 Å². The lowest BCUT2D eigenvalue weighted by atomic mass is 10.1. The molecule has 0 aliphatic rings. The molecular formula is C18H24N2O2S. The van der Waals surface area contributed by atoms with E-state index in [0.29, 0.717) is 12.1 Å². The second-order valence-electron chi connectivity index (χ2n) is 5.80. The summed E-state index contributed by atoms with van der Waals surface area (Å²) >= 11 is 0. The zero-order valence-electron chi connectivity index (χ0n) is 13.9. The molecule has 23 heavy (non-hydrogen) atoms. The highest BCUT2D eigenvalue weighted by Crippen LogP contribution is 2.23. The molecule has 5 heteroatoms. The molecule has 0 radical (unpaired) electrons. The maximum atomic E-state index is 11.9. The van der Waals surface area contributed by atoms with Gasteiger partial charge in [-0.15, -0.1) is 0 Å². The molecule has 4 nitrogen and oxygen atoms in total. The van der Waals surface area contributed by atoms with E-state index in [9.17, 15) is 8.42 Å².